The van der Waals surface area contributed by atoms with Crippen LogP contribution in [0, 0.1) is 0 Å². The molecule has 0 spiro atoms. The van der Waals surface area contributed by atoms with Crippen LogP contribution in [0.2, 0.25) is 0 Å². The molecule has 2 fully saturated rings. The van der Waals surface area contributed by atoms with Gasteiger partial charge in [0.2, 0.25) is 5.91 Å². The molecule has 2 saturated heterocycles. The molecule has 0 saturated carbocycles. The zero-order valence-corrected chi connectivity index (χ0v) is 17.8. The molecular weight excluding hydrogens is 370 g/mol. The van der Waals surface area contributed by atoms with Crippen LogP contribution >= 0.6 is 0 Å². The number of anilines is 1. The van der Waals surface area contributed by atoms with Crippen LogP contribution in [0.15, 0.2) is 29.3 Å². The molecule has 0 radical (unpaired) electrons. The normalized spacial score (nSPS) is 20.0. The van der Waals surface area contributed by atoms with E-state index in [-0.39, 0.29) is 18.6 Å². The molecule has 1 N–H and O–H groups in total. The van der Waals surface area contributed by atoms with Crippen LogP contribution in [0.1, 0.15) is 12.8 Å². The highest BCUT2D eigenvalue weighted by atomic mass is 16.5. The number of ether oxygens (including phenoxy) is 2. The van der Waals surface area contributed by atoms with Crippen LogP contribution in [0.3, 0.4) is 0 Å². The lowest BCUT2D eigenvalue weighted by Crippen LogP contribution is -2.53. The summed E-state index contributed by atoms with van der Waals surface area (Å²) in [6, 6.07) is 8.17. The SMILES string of the molecule is COc1ccc(N2CCN(C(=NCC(=O)N(C)C)NCC3CCCO3)CC2)cc1. The molecule has 1 aromatic rings. The van der Waals surface area contributed by atoms with Crippen LogP contribution in [0.5, 0.6) is 5.75 Å². The van der Waals surface area contributed by atoms with Crippen LogP contribution in [0.4, 0.5) is 5.69 Å². The summed E-state index contributed by atoms with van der Waals surface area (Å²) >= 11 is 0. The minimum absolute atomic E-state index is 0.00159. The van der Waals surface area contributed by atoms with Gasteiger partial charge in [-0.2, -0.15) is 0 Å². The second-order valence-electron chi connectivity index (χ2n) is 7.62. The van der Waals surface area contributed by atoms with E-state index in [1.54, 1.807) is 26.1 Å². The van der Waals surface area contributed by atoms with Crippen LogP contribution in [-0.4, -0.2) is 94.9 Å². The molecular formula is C21H33N5O3. The Morgan fingerprint density at radius 2 is 1.97 bits per heavy atom. The van der Waals surface area contributed by atoms with Gasteiger partial charge in [-0.25, -0.2) is 4.99 Å². The van der Waals surface area contributed by atoms with Gasteiger partial charge in [-0.15, -0.1) is 0 Å². The number of aliphatic imine (C=N–C) groups is 1. The Balaban J connectivity index is 1.59. The average Bonchev–Trinajstić information content (AvgIpc) is 3.27. The Bertz CT molecular complexity index is 678. The number of hydrogen-bond donors (Lipinski definition) is 1. The van der Waals surface area contributed by atoms with Gasteiger partial charge in [0.25, 0.3) is 0 Å². The standard InChI is InChI=1S/C21H33N5O3/c1-24(2)20(27)16-23-21(22-15-19-5-4-14-29-19)26-12-10-25(11-13-26)17-6-8-18(28-3)9-7-17/h6-9,19H,4-5,10-16H2,1-3H3,(H,22,23). The highest BCUT2D eigenvalue weighted by molar-refractivity contribution is 5.85. The van der Waals surface area contributed by atoms with Crippen molar-refractivity contribution < 1.29 is 14.3 Å². The van der Waals surface area contributed by atoms with E-state index >= 15 is 0 Å². The van der Waals surface area contributed by atoms with E-state index in [9.17, 15) is 4.79 Å². The van der Waals surface area contributed by atoms with E-state index in [1.165, 1.54) is 5.69 Å². The summed E-state index contributed by atoms with van der Waals surface area (Å²) in [6.07, 6.45) is 2.41. The first kappa shape index (κ1) is 21.2. The molecule has 2 heterocycles. The maximum atomic E-state index is 12.0. The van der Waals surface area contributed by atoms with E-state index in [2.05, 4.69) is 32.2 Å². The maximum absolute atomic E-state index is 12.0. The van der Waals surface area contributed by atoms with E-state index in [0.29, 0.717) is 0 Å². The second-order valence-corrected chi connectivity index (χ2v) is 7.62. The summed E-state index contributed by atoms with van der Waals surface area (Å²) in [7, 11) is 5.19. The third-order valence-electron chi connectivity index (χ3n) is 5.39. The number of rotatable bonds is 6. The average molecular weight is 404 g/mol. The van der Waals surface area contributed by atoms with Crippen molar-refractivity contribution in [1.82, 2.24) is 15.1 Å². The maximum Gasteiger partial charge on any atom is 0.243 e. The molecule has 0 bridgehead atoms. The topological polar surface area (TPSA) is 69.6 Å². The van der Waals surface area contributed by atoms with Gasteiger partial charge >= 0.3 is 0 Å². The van der Waals surface area contributed by atoms with Crippen molar-refractivity contribution in [3.8, 4) is 5.75 Å². The van der Waals surface area contributed by atoms with Gasteiger partial charge in [0, 0.05) is 59.1 Å². The van der Waals surface area contributed by atoms with E-state index in [1.807, 2.05) is 12.1 Å². The van der Waals surface area contributed by atoms with Crippen LogP contribution in [0.25, 0.3) is 0 Å². The van der Waals surface area contributed by atoms with E-state index < -0.39 is 0 Å². The number of amides is 1. The first-order valence-electron chi connectivity index (χ1n) is 10.3. The molecule has 3 rings (SSSR count). The van der Waals surface area contributed by atoms with Gasteiger partial charge in [0.15, 0.2) is 5.96 Å². The molecule has 8 heteroatoms. The summed E-state index contributed by atoms with van der Waals surface area (Å²) in [6.45, 7) is 5.20. The number of likely N-dealkylation sites (N-methyl/N-ethyl adjacent to an activating group) is 1. The van der Waals surface area contributed by atoms with Gasteiger partial charge in [0.05, 0.1) is 13.2 Å². The summed E-state index contributed by atoms with van der Waals surface area (Å²) < 4.78 is 11.0. The molecule has 0 aromatic heterocycles. The monoisotopic (exact) mass is 403 g/mol. The summed E-state index contributed by atoms with van der Waals surface area (Å²) in [5.74, 6) is 1.66. The summed E-state index contributed by atoms with van der Waals surface area (Å²) in [4.78, 5) is 22.8. The fourth-order valence-electron chi connectivity index (χ4n) is 3.53. The fourth-order valence-corrected chi connectivity index (χ4v) is 3.53. The molecule has 29 heavy (non-hydrogen) atoms. The molecule has 2 aliphatic heterocycles. The zero-order chi connectivity index (χ0) is 20.6. The molecule has 1 atom stereocenters. The molecule has 1 aromatic carbocycles. The highest BCUT2D eigenvalue weighted by Crippen LogP contribution is 2.20. The van der Waals surface area contributed by atoms with Crippen molar-refractivity contribution >= 4 is 17.6 Å². The van der Waals surface area contributed by atoms with E-state index in [4.69, 9.17) is 9.47 Å². The van der Waals surface area contributed by atoms with Gasteiger partial charge < -0.3 is 29.5 Å². The Kier molecular flexibility index (Phi) is 7.57. The Hall–Kier alpha value is -2.48. The van der Waals surface area contributed by atoms with Crippen molar-refractivity contribution in [2.24, 2.45) is 4.99 Å². The minimum Gasteiger partial charge on any atom is -0.497 e. The molecule has 160 valence electrons. The minimum atomic E-state index is -0.00159. The first-order chi connectivity index (χ1) is 14.1. The van der Waals surface area contributed by atoms with Gasteiger partial charge in [-0.3, -0.25) is 4.79 Å². The number of nitrogens with zero attached hydrogens (tertiary/aromatic N) is 4. The number of nitrogens with one attached hydrogen (secondary N) is 1. The zero-order valence-electron chi connectivity index (χ0n) is 17.8. The van der Waals surface area contributed by atoms with Crippen molar-refractivity contribution in [3.05, 3.63) is 24.3 Å². The smallest absolute Gasteiger partial charge is 0.243 e. The number of benzene rings is 1. The van der Waals surface area contributed by atoms with Gasteiger partial charge in [0.1, 0.15) is 12.3 Å². The molecule has 1 unspecified atom stereocenters. The fraction of sp³-hybridized carbons (Fsp3) is 0.619. The predicted molar refractivity (Wildman–Crippen MR) is 115 cm³/mol. The summed E-state index contributed by atoms with van der Waals surface area (Å²) in [5.41, 5.74) is 1.19. The molecule has 1 amide bonds. The predicted octanol–water partition coefficient (Wildman–Crippen LogP) is 1.03. The first-order valence-corrected chi connectivity index (χ1v) is 10.3. The van der Waals surface area contributed by atoms with Gasteiger partial charge in [-0.05, 0) is 37.1 Å². The number of methoxy groups -OCH3 is 1. The van der Waals surface area contributed by atoms with Crippen molar-refractivity contribution in [2.45, 2.75) is 18.9 Å². The second kappa shape index (κ2) is 10.3. The quantitative estimate of drug-likeness (QED) is 0.565. The molecule has 0 aliphatic carbocycles. The van der Waals surface area contributed by atoms with Crippen molar-refractivity contribution in [2.75, 3.05) is 72.0 Å². The van der Waals surface area contributed by atoms with Crippen molar-refractivity contribution in [1.29, 1.82) is 0 Å². The summed E-state index contributed by atoms with van der Waals surface area (Å²) in [5, 5.41) is 3.44. The lowest BCUT2D eigenvalue weighted by molar-refractivity contribution is -0.127. The Morgan fingerprint density at radius 1 is 1.24 bits per heavy atom. The van der Waals surface area contributed by atoms with Gasteiger partial charge in [-0.1, -0.05) is 0 Å². The Labute approximate surface area is 173 Å². The Morgan fingerprint density at radius 3 is 2.55 bits per heavy atom. The molecule has 8 nitrogen and oxygen atoms in total. The molecule has 2 aliphatic rings. The van der Waals surface area contributed by atoms with Crippen LogP contribution < -0.4 is 15.0 Å². The number of hydrogen-bond acceptors (Lipinski definition) is 5. The number of piperazine rings is 1. The number of carbonyl (C=O) groups excluding carboxylic acids is 1. The lowest BCUT2D eigenvalue weighted by atomic mass is 10.2. The van der Waals surface area contributed by atoms with Crippen molar-refractivity contribution in [3.63, 3.8) is 0 Å². The third kappa shape index (κ3) is 6.00. The number of guanidine groups is 1. The highest BCUT2D eigenvalue weighted by Gasteiger charge is 2.22. The van der Waals surface area contributed by atoms with E-state index in [0.717, 1.165) is 63.9 Å². The largest absolute Gasteiger partial charge is 0.497 e. The lowest BCUT2D eigenvalue weighted by Gasteiger charge is -2.38. The number of carbonyl (C=O) groups is 1. The third-order valence-corrected chi connectivity index (χ3v) is 5.39. The van der Waals surface area contributed by atoms with Crippen LogP contribution in [-0.2, 0) is 9.53 Å².